The van der Waals surface area contributed by atoms with Crippen LogP contribution in [0.4, 0.5) is 0 Å². The van der Waals surface area contributed by atoms with Gasteiger partial charge >= 0.3 is 0 Å². The highest BCUT2D eigenvalue weighted by molar-refractivity contribution is 6.31. The van der Waals surface area contributed by atoms with Crippen molar-refractivity contribution < 1.29 is 5.11 Å². The number of halogens is 1. The quantitative estimate of drug-likeness (QED) is 0.915. The van der Waals surface area contributed by atoms with Gasteiger partial charge in [-0.3, -0.25) is 0 Å². The first-order valence-electron chi connectivity index (χ1n) is 7.12. The molecule has 0 saturated carbocycles. The molecule has 0 unspecified atom stereocenters. The van der Waals surface area contributed by atoms with Crippen molar-refractivity contribution in [2.45, 2.75) is 39.2 Å². The Bertz CT molecular complexity index is 436. The van der Waals surface area contributed by atoms with Crippen LogP contribution in [0.3, 0.4) is 0 Å². The van der Waals surface area contributed by atoms with Crippen LogP contribution in [-0.2, 0) is 5.60 Å². The fourth-order valence-corrected chi connectivity index (χ4v) is 2.97. The molecule has 0 aliphatic carbocycles. The molecule has 1 aromatic rings. The zero-order chi connectivity index (χ0) is 14.0. The Labute approximate surface area is 121 Å². The third-order valence-corrected chi connectivity index (χ3v) is 4.42. The summed E-state index contributed by atoms with van der Waals surface area (Å²) in [5.74, 6) is 0.681. The number of aryl methyl sites for hydroxylation is 1. The molecule has 1 aliphatic heterocycles. The summed E-state index contributed by atoms with van der Waals surface area (Å²) in [6.45, 7) is 9.49. The van der Waals surface area contributed by atoms with Crippen LogP contribution >= 0.6 is 11.6 Å². The van der Waals surface area contributed by atoms with Crippen molar-refractivity contribution >= 4 is 11.6 Å². The van der Waals surface area contributed by atoms with E-state index < -0.39 is 5.60 Å². The number of rotatable bonds is 3. The smallest absolute Gasteiger partial charge is 0.0921 e. The summed E-state index contributed by atoms with van der Waals surface area (Å²) in [6.07, 6.45) is 1.58. The average Bonchev–Trinajstić information content (AvgIpc) is 2.35. The monoisotopic (exact) mass is 281 g/mol. The van der Waals surface area contributed by atoms with Gasteiger partial charge in [-0.1, -0.05) is 37.6 Å². The molecule has 2 rings (SSSR count). The van der Waals surface area contributed by atoms with Crippen LogP contribution < -0.4 is 0 Å². The molecule has 1 saturated heterocycles. The van der Waals surface area contributed by atoms with Gasteiger partial charge in [0.15, 0.2) is 0 Å². The van der Waals surface area contributed by atoms with Crippen LogP contribution in [0.1, 0.15) is 37.8 Å². The van der Waals surface area contributed by atoms with Crippen LogP contribution in [0.2, 0.25) is 5.02 Å². The normalized spacial score (nSPS) is 19.9. The topological polar surface area (TPSA) is 23.5 Å². The van der Waals surface area contributed by atoms with Crippen molar-refractivity contribution in [3.63, 3.8) is 0 Å². The molecule has 106 valence electrons. The molecular weight excluding hydrogens is 258 g/mol. The Kier molecular flexibility index (Phi) is 4.54. The summed E-state index contributed by atoms with van der Waals surface area (Å²) in [6, 6.07) is 5.93. The number of benzene rings is 1. The summed E-state index contributed by atoms with van der Waals surface area (Å²) in [4.78, 5) is 2.44. The Hall–Kier alpha value is -0.570. The molecule has 2 nitrogen and oxygen atoms in total. The number of hydrogen-bond donors (Lipinski definition) is 1. The Morgan fingerprint density at radius 2 is 1.95 bits per heavy atom. The van der Waals surface area contributed by atoms with Gasteiger partial charge < -0.3 is 10.0 Å². The van der Waals surface area contributed by atoms with Crippen molar-refractivity contribution in [3.05, 3.63) is 34.3 Å². The molecule has 19 heavy (non-hydrogen) atoms. The summed E-state index contributed by atoms with van der Waals surface area (Å²) < 4.78 is 0. The van der Waals surface area contributed by atoms with E-state index in [1.54, 1.807) is 0 Å². The first-order valence-corrected chi connectivity index (χ1v) is 7.50. The van der Waals surface area contributed by atoms with Gasteiger partial charge in [-0.15, -0.1) is 0 Å². The molecular formula is C16H24ClNO. The molecule has 0 amide bonds. The Morgan fingerprint density at radius 3 is 2.47 bits per heavy atom. The van der Waals surface area contributed by atoms with Crippen LogP contribution in [0, 0.1) is 12.8 Å². The van der Waals surface area contributed by atoms with Gasteiger partial charge in [0.25, 0.3) is 0 Å². The lowest BCUT2D eigenvalue weighted by molar-refractivity contribution is -0.0279. The second-order valence-corrected chi connectivity index (χ2v) is 6.60. The van der Waals surface area contributed by atoms with E-state index in [-0.39, 0.29) is 0 Å². The van der Waals surface area contributed by atoms with E-state index in [2.05, 4.69) is 18.7 Å². The number of piperidine rings is 1. The van der Waals surface area contributed by atoms with Crippen LogP contribution in [0.15, 0.2) is 18.2 Å². The van der Waals surface area contributed by atoms with Gasteiger partial charge in [-0.2, -0.15) is 0 Å². The molecule has 1 aromatic carbocycles. The maximum atomic E-state index is 10.8. The van der Waals surface area contributed by atoms with Crippen LogP contribution in [0.25, 0.3) is 0 Å². The highest BCUT2D eigenvalue weighted by Gasteiger charge is 2.34. The van der Waals surface area contributed by atoms with Gasteiger partial charge in [-0.05, 0) is 42.9 Å². The standard InChI is InChI=1S/C16H24ClNO/c1-12(2)11-18-8-6-16(19,7-9-18)14-5-4-13(3)15(17)10-14/h4-5,10,12,19H,6-9,11H2,1-3H3. The van der Waals surface area contributed by atoms with E-state index in [4.69, 9.17) is 11.6 Å². The van der Waals surface area contributed by atoms with Gasteiger partial charge in [-0.25, -0.2) is 0 Å². The third-order valence-electron chi connectivity index (χ3n) is 4.02. The Morgan fingerprint density at radius 1 is 1.32 bits per heavy atom. The molecule has 1 N–H and O–H groups in total. The van der Waals surface area contributed by atoms with Crippen LogP contribution in [0.5, 0.6) is 0 Å². The molecule has 1 fully saturated rings. The minimum absolute atomic E-state index is 0.681. The zero-order valence-corrected chi connectivity index (χ0v) is 12.9. The minimum Gasteiger partial charge on any atom is -0.385 e. The van der Waals surface area contributed by atoms with Crippen LogP contribution in [-0.4, -0.2) is 29.6 Å². The summed E-state index contributed by atoms with van der Waals surface area (Å²) in [7, 11) is 0. The van der Waals surface area contributed by atoms with E-state index in [0.717, 1.165) is 48.6 Å². The summed E-state index contributed by atoms with van der Waals surface area (Å²) in [5, 5.41) is 11.6. The molecule has 1 heterocycles. The maximum absolute atomic E-state index is 10.8. The second-order valence-electron chi connectivity index (χ2n) is 6.19. The van der Waals surface area contributed by atoms with Crippen molar-refractivity contribution in [3.8, 4) is 0 Å². The second kappa shape index (κ2) is 5.82. The fraction of sp³-hybridized carbons (Fsp3) is 0.625. The first-order chi connectivity index (χ1) is 8.90. The van der Waals surface area contributed by atoms with Gasteiger partial charge in [0.2, 0.25) is 0 Å². The van der Waals surface area contributed by atoms with Crippen molar-refractivity contribution in [1.29, 1.82) is 0 Å². The number of hydrogen-bond acceptors (Lipinski definition) is 2. The lowest BCUT2D eigenvalue weighted by Gasteiger charge is -2.39. The van der Waals surface area contributed by atoms with Crippen molar-refractivity contribution in [2.75, 3.05) is 19.6 Å². The average molecular weight is 282 g/mol. The van der Waals surface area contributed by atoms with Crippen molar-refractivity contribution in [1.82, 2.24) is 4.90 Å². The predicted molar refractivity (Wildman–Crippen MR) is 80.6 cm³/mol. The highest BCUT2D eigenvalue weighted by Crippen LogP contribution is 2.34. The fourth-order valence-electron chi connectivity index (χ4n) is 2.79. The first kappa shape index (κ1) is 14.8. The lowest BCUT2D eigenvalue weighted by Crippen LogP contribution is -2.43. The van der Waals surface area contributed by atoms with E-state index in [1.165, 1.54) is 0 Å². The predicted octanol–water partition coefficient (Wildman–Crippen LogP) is 3.59. The van der Waals surface area contributed by atoms with Gasteiger partial charge in [0.05, 0.1) is 5.60 Å². The summed E-state index contributed by atoms with van der Waals surface area (Å²) in [5.41, 5.74) is 1.32. The SMILES string of the molecule is Cc1ccc(C2(O)CCN(CC(C)C)CC2)cc1Cl. The summed E-state index contributed by atoms with van der Waals surface area (Å²) >= 11 is 6.17. The molecule has 1 aliphatic rings. The molecule has 0 bridgehead atoms. The van der Waals surface area contributed by atoms with E-state index in [9.17, 15) is 5.11 Å². The van der Waals surface area contributed by atoms with E-state index >= 15 is 0 Å². The lowest BCUT2D eigenvalue weighted by atomic mass is 9.84. The maximum Gasteiger partial charge on any atom is 0.0921 e. The highest BCUT2D eigenvalue weighted by atomic mass is 35.5. The van der Waals surface area contributed by atoms with E-state index in [1.807, 2.05) is 25.1 Å². The largest absolute Gasteiger partial charge is 0.385 e. The van der Waals surface area contributed by atoms with Crippen molar-refractivity contribution in [2.24, 2.45) is 5.92 Å². The molecule has 0 aromatic heterocycles. The molecule has 0 radical (unpaired) electrons. The van der Waals surface area contributed by atoms with E-state index in [0.29, 0.717) is 5.92 Å². The Balaban J connectivity index is 2.06. The zero-order valence-electron chi connectivity index (χ0n) is 12.1. The molecule has 0 spiro atoms. The van der Waals surface area contributed by atoms with Gasteiger partial charge in [0, 0.05) is 24.7 Å². The number of likely N-dealkylation sites (tertiary alicyclic amines) is 1. The minimum atomic E-state index is -0.704. The third kappa shape index (κ3) is 3.50. The number of nitrogens with zero attached hydrogens (tertiary/aromatic N) is 1. The van der Waals surface area contributed by atoms with Gasteiger partial charge in [0.1, 0.15) is 0 Å². The molecule has 3 heteroatoms. The number of aliphatic hydroxyl groups is 1. The molecule has 0 atom stereocenters.